The van der Waals surface area contributed by atoms with Gasteiger partial charge in [-0.25, -0.2) is 4.98 Å². The largest absolute Gasteiger partial charge is 0.293 e. The first-order valence-electron chi connectivity index (χ1n) is 4.29. The fourth-order valence-electron chi connectivity index (χ4n) is 1.08. The van der Waals surface area contributed by atoms with Crippen molar-refractivity contribution < 1.29 is 4.79 Å². The van der Waals surface area contributed by atoms with E-state index in [9.17, 15) is 4.79 Å². The molecule has 2 rings (SSSR count). The summed E-state index contributed by atoms with van der Waals surface area (Å²) in [6, 6.07) is 0. The number of thiazole rings is 1. The first kappa shape index (κ1) is 9.08. The molecule has 0 spiro atoms. The highest BCUT2D eigenvalue weighted by atomic mass is 32.1. The number of H-pyrrole nitrogens is 1. The Balaban J connectivity index is 2.31. The number of rotatable bonds is 3. The van der Waals surface area contributed by atoms with Crippen molar-refractivity contribution in [2.75, 3.05) is 0 Å². The van der Waals surface area contributed by atoms with Crippen LogP contribution in [0.4, 0.5) is 0 Å². The molecule has 0 unspecified atom stereocenters. The number of hydrogen-bond acceptors (Lipinski definition) is 4. The van der Waals surface area contributed by atoms with Crippen LogP contribution < -0.4 is 0 Å². The second-order valence-electron chi connectivity index (χ2n) is 2.79. The van der Waals surface area contributed by atoms with Gasteiger partial charge in [0.2, 0.25) is 0 Å². The van der Waals surface area contributed by atoms with Gasteiger partial charge in [-0.15, -0.1) is 11.3 Å². The number of carbonyl (C=O) groups excluding carboxylic acids is 1. The SMILES string of the molecule is CCC(=O)c1cnc(-c2cn[nH]c2)s1. The maximum absolute atomic E-state index is 11.3. The molecule has 2 aromatic rings. The molecule has 0 aliphatic carbocycles. The fraction of sp³-hybridized carbons (Fsp3) is 0.222. The third-order valence-corrected chi connectivity index (χ3v) is 2.93. The van der Waals surface area contributed by atoms with Gasteiger partial charge in [0.05, 0.1) is 11.1 Å². The van der Waals surface area contributed by atoms with E-state index < -0.39 is 0 Å². The Hall–Kier alpha value is -1.49. The van der Waals surface area contributed by atoms with Gasteiger partial charge in [0.15, 0.2) is 5.78 Å². The van der Waals surface area contributed by atoms with E-state index in [4.69, 9.17) is 0 Å². The molecule has 2 aromatic heterocycles. The highest BCUT2D eigenvalue weighted by Crippen LogP contribution is 2.24. The van der Waals surface area contributed by atoms with E-state index in [0.29, 0.717) is 11.3 Å². The molecule has 4 nitrogen and oxygen atoms in total. The van der Waals surface area contributed by atoms with Crippen LogP contribution >= 0.6 is 11.3 Å². The Kier molecular flexibility index (Phi) is 2.41. The molecule has 0 amide bonds. The number of aromatic nitrogens is 3. The molecule has 0 bridgehead atoms. The summed E-state index contributed by atoms with van der Waals surface area (Å²) in [6.07, 6.45) is 5.60. The summed E-state index contributed by atoms with van der Waals surface area (Å²) >= 11 is 1.40. The van der Waals surface area contributed by atoms with E-state index in [0.717, 1.165) is 10.6 Å². The van der Waals surface area contributed by atoms with Gasteiger partial charge in [-0.2, -0.15) is 5.10 Å². The van der Waals surface area contributed by atoms with Crippen molar-refractivity contribution in [3.05, 3.63) is 23.5 Å². The quantitative estimate of drug-likeness (QED) is 0.784. The Morgan fingerprint density at radius 1 is 1.57 bits per heavy atom. The van der Waals surface area contributed by atoms with E-state index >= 15 is 0 Å². The third kappa shape index (κ3) is 1.58. The highest BCUT2D eigenvalue weighted by Gasteiger charge is 2.09. The molecule has 1 N–H and O–H groups in total. The van der Waals surface area contributed by atoms with Gasteiger partial charge >= 0.3 is 0 Å². The molecule has 2 heterocycles. The van der Waals surface area contributed by atoms with Crippen molar-refractivity contribution >= 4 is 17.1 Å². The van der Waals surface area contributed by atoms with Crippen molar-refractivity contribution in [2.45, 2.75) is 13.3 Å². The van der Waals surface area contributed by atoms with Gasteiger partial charge in [-0.3, -0.25) is 9.89 Å². The second kappa shape index (κ2) is 3.71. The Morgan fingerprint density at radius 3 is 3.07 bits per heavy atom. The molecule has 0 aliphatic rings. The number of aromatic amines is 1. The molecular weight excluding hydrogens is 198 g/mol. The second-order valence-corrected chi connectivity index (χ2v) is 3.82. The predicted molar refractivity (Wildman–Crippen MR) is 54.3 cm³/mol. The Morgan fingerprint density at radius 2 is 2.43 bits per heavy atom. The van der Waals surface area contributed by atoms with E-state index in [1.165, 1.54) is 11.3 Å². The lowest BCUT2D eigenvalue weighted by Gasteiger charge is -1.87. The molecule has 0 aliphatic heterocycles. The Labute approximate surface area is 85.0 Å². The number of nitrogens with one attached hydrogen (secondary N) is 1. The minimum absolute atomic E-state index is 0.136. The number of Topliss-reactive ketones (excluding diaryl/α,β-unsaturated/α-hetero) is 1. The lowest BCUT2D eigenvalue weighted by atomic mass is 10.3. The molecular formula is C9H9N3OS. The molecule has 0 saturated heterocycles. The minimum Gasteiger partial charge on any atom is -0.293 e. The van der Waals surface area contributed by atoms with Crippen molar-refractivity contribution in [3.8, 4) is 10.6 Å². The van der Waals surface area contributed by atoms with Crippen LogP contribution in [0.15, 0.2) is 18.6 Å². The molecule has 0 saturated carbocycles. The van der Waals surface area contributed by atoms with Crippen molar-refractivity contribution in [1.29, 1.82) is 0 Å². The van der Waals surface area contributed by atoms with Gasteiger partial charge < -0.3 is 0 Å². The van der Waals surface area contributed by atoms with Crippen LogP contribution in [0.3, 0.4) is 0 Å². The normalized spacial score (nSPS) is 10.4. The summed E-state index contributed by atoms with van der Waals surface area (Å²) < 4.78 is 0. The first-order chi connectivity index (χ1) is 6.81. The van der Waals surface area contributed by atoms with Crippen LogP contribution in [0.5, 0.6) is 0 Å². The van der Waals surface area contributed by atoms with Gasteiger partial charge in [0.25, 0.3) is 0 Å². The molecule has 0 aromatic carbocycles. The van der Waals surface area contributed by atoms with Crippen molar-refractivity contribution in [3.63, 3.8) is 0 Å². The van der Waals surface area contributed by atoms with E-state index in [1.54, 1.807) is 18.6 Å². The zero-order chi connectivity index (χ0) is 9.97. The number of hydrogen-bond donors (Lipinski definition) is 1. The van der Waals surface area contributed by atoms with E-state index in [1.807, 2.05) is 6.92 Å². The first-order valence-corrected chi connectivity index (χ1v) is 5.11. The van der Waals surface area contributed by atoms with Gasteiger partial charge in [0.1, 0.15) is 5.01 Å². The Bertz CT molecular complexity index is 433. The average molecular weight is 207 g/mol. The lowest BCUT2D eigenvalue weighted by Crippen LogP contribution is -1.90. The van der Waals surface area contributed by atoms with Crippen LogP contribution in [-0.2, 0) is 0 Å². The maximum Gasteiger partial charge on any atom is 0.174 e. The number of nitrogens with zero attached hydrogens (tertiary/aromatic N) is 2. The summed E-state index contributed by atoms with van der Waals surface area (Å²) in [6.45, 7) is 1.85. The van der Waals surface area contributed by atoms with Crippen LogP contribution in [0, 0.1) is 0 Å². The lowest BCUT2D eigenvalue weighted by molar-refractivity contribution is 0.0992. The van der Waals surface area contributed by atoms with Gasteiger partial charge in [-0.1, -0.05) is 6.92 Å². The maximum atomic E-state index is 11.3. The molecule has 14 heavy (non-hydrogen) atoms. The summed E-state index contributed by atoms with van der Waals surface area (Å²) in [5.41, 5.74) is 0.921. The molecule has 0 atom stereocenters. The topological polar surface area (TPSA) is 58.6 Å². The van der Waals surface area contributed by atoms with E-state index in [-0.39, 0.29) is 5.78 Å². The molecule has 72 valence electrons. The van der Waals surface area contributed by atoms with Crippen LogP contribution in [0.2, 0.25) is 0 Å². The standard InChI is InChI=1S/C9H9N3OS/c1-2-7(13)8-5-10-9(14-8)6-3-11-12-4-6/h3-5H,2H2,1H3,(H,11,12). The average Bonchev–Trinajstić information content (AvgIpc) is 2.86. The van der Waals surface area contributed by atoms with Gasteiger partial charge in [0, 0.05) is 24.4 Å². The highest BCUT2D eigenvalue weighted by molar-refractivity contribution is 7.16. The monoisotopic (exact) mass is 207 g/mol. The van der Waals surface area contributed by atoms with E-state index in [2.05, 4.69) is 15.2 Å². The smallest absolute Gasteiger partial charge is 0.174 e. The fourth-order valence-corrected chi connectivity index (χ4v) is 1.99. The minimum atomic E-state index is 0.136. The van der Waals surface area contributed by atoms with Crippen LogP contribution in [0.1, 0.15) is 23.0 Å². The van der Waals surface area contributed by atoms with Crippen LogP contribution in [0.25, 0.3) is 10.6 Å². The summed E-state index contributed by atoms with van der Waals surface area (Å²) in [5, 5.41) is 7.37. The zero-order valence-electron chi connectivity index (χ0n) is 7.65. The molecule has 0 fully saturated rings. The predicted octanol–water partition coefficient (Wildman–Crippen LogP) is 2.13. The van der Waals surface area contributed by atoms with Crippen molar-refractivity contribution in [1.82, 2.24) is 15.2 Å². The third-order valence-electron chi connectivity index (χ3n) is 1.85. The number of carbonyl (C=O) groups is 1. The molecule has 5 heteroatoms. The summed E-state index contributed by atoms with van der Waals surface area (Å²) in [7, 11) is 0. The molecule has 0 radical (unpaired) electrons. The van der Waals surface area contributed by atoms with Crippen molar-refractivity contribution in [2.24, 2.45) is 0 Å². The number of ketones is 1. The van der Waals surface area contributed by atoms with Gasteiger partial charge in [-0.05, 0) is 0 Å². The summed E-state index contributed by atoms with van der Waals surface area (Å²) in [4.78, 5) is 16.2. The summed E-state index contributed by atoms with van der Waals surface area (Å²) in [5.74, 6) is 0.136. The zero-order valence-corrected chi connectivity index (χ0v) is 8.47. The van der Waals surface area contributed by atoms with Crippen LogP contribution in [-0.4, -0.2) is 21.0 Å².